The third kappa shape index (κ3) is 5.91. The van der Waals surface area contributed by atoms with Gasteiger partial charge in [0.15, 0.2) is 11.5 Å². The highest BCUT2D eigenvalue weighted by Gasteiger charge is 2.21. The van der Waals surface area contributed by atoms with Crippen LogP contribution in [0, 0.1) is 0 Å². The molecule has 2 amide bonds. The van der Waals surface area contributed by atoms with Gasteiger partial charge in [-0.05, 0) is 43.0 Å². The summed E-state index contributed by atoms with van der Waals surface area (Å²) >= 11 is 1.29. The summed E-state index contributed by atoms with van der Waals surface area (Å²) < 4.78 is 34.8. The Morgan fingerprint density at radius 2 is 2.00 bits per heavy atom. The molecule has 1 aromatic carbocycles. The fraction of sp³-hybridized carbons (Fsp3) is 0.368. The number of nitrogens with one attached hydrogen (secondary N) is 1. The maximum absolute atomic E-state index is 12.5. The van der Waals surface area contributed by atoms with Crippen LogP contribution in [-0.4, -0.2) is 43.0 Å². The molecule has 2 rings (SSSR count). The normalized spacial score (nSPS) is 11.8. The van der Waals surface area contributed by atoms with Gasteiger partial charge in [-0.25, -0.2) is 0 Å². The zero-order valence-corrected chi connectivity index (χ0v) is 16.6. The van der Waals surface area contributed by atoms with Crippen LogP contribution in [0.4, 0.5) is 8.78 Å². The second-order valence-electron chi connectivity index (χ2n) is 5.96. The molecule has 6 nitrogen and oxygen atoms in total. The Labute approximate surface area is 166 Å². The lowest BCUT2D eigenvalue weighted by molar-refractivity contribution is -0.132. The number of ether oxygens (including phenoxy) is 2. The Balaban J connectivity index is 2.02. The minimum absolute atomic E-state index is 0.0637. The molecule has 0 fully saturated rings. The van der Waals surface area contributed by atoms with E-state index in [1.807, 2.05) is 0 Å². The molecule has 2 aromatic rings. The third-order valence-electron chi connectivity index (χ3n) is 3.78. The summed E-state index contributed by atoms with van der Waals surface area (Å²) in [5.74, 6) is -0.474. The Bertz CT molecular complexity index is 799. The average Bonchev–Trinajstić information content (AvgIpc) is 3.17. The van der Waals surface area contributed by atoms with Gasteiger partial charge in [-0.3, -0.25) is 9.59 Å². The second kappa shape index (κ2) is 10.0. The number of hydrogen-bond donors (Lipinski definition) is 1. The molecule has 0 bridgehead atoms. The number of likely N-dealkylation sites (N-methyl/N-ethyl adjacent to an activating group) is 1. The number of thiophene rings is 1. The van der Waals surface area contributed by atoms with Gasteiger partial charge in [-0.15, -0.1) is 11.3 Å². The van der Waals surface area contributed by atoms with Crippen LogP contribution in [0.25, 0.3) is 0 Å². The second-order valence-corrected chi connectivity index (χ2v) is 6.91. The average molecular weight is 412 g/mol. The largest absolute Gasteiger partial charge is 0.490 e. The zero-order chi connectivity index (χ0) is 20.7. The summed E-state index contributed by atoms with van der Waals surface area (Å²) in [5.41, 5.74) is 0.678. The van der Waals surface area contributed by atoms with Crippen molar-refractivity contribution in [1.82, 2.24) is 10.2 Å². The van der Waals surface area contributed by atoms with Crippen LogP contribution < -0.4 is 14.8 Å². The minimum Gasteiger partial charge on any atom is -0.490 e. The van der Waals surface area contributed by atoms with Crippen LogP contribution in [-0.2, 0) is 11.3 Å². The maximum Gasteiger partial charge on any atom is 0.387 e. The molecule has 0 aliphatic heterocycles. The summed E-state index contributed by atoms with van der Waals surface area (Å²) in [5, 5.41) is 4.45. The van der Waals surface area contributed by atoms with E-state index < -0.39 is 12.7 Å². The molecule has 152 valence electrons. The summed E-state index contributed by atoms with van der Waals surface area (Å²) in [6.07, 6.45) is 0. The number of amides is 2. The predicted octanol–water partition coefficient (Wildman–Crippen LogP) is 3.53. The number of carbonyl (C=O) groups is 2. The van der Waals surface area contributed by atoms with Crippen LogP contribution in [0.1, 0.15) is 29.1 Å². The molecular formula is C19H22F2N2O4S. The highest BCUT2D eigenvalue weighted by atomic mass is 32.1. The SMILES string of the molecule is CCOc1cc(CN(C)C(=O)[C@@H](C)NC(=O)c2cccs2)ccc1OC(F)F. The fourth-order valence-electron chi connectivity index (χ4n) is 2.53. The van der Waals surface area contributed by atoms with E-state index in [1.165, 1.54) is 22.3 Å². The van der Waals surface area contributed by atoms with Gasteiger partial charge in [-0.2, -0.15) is 8.78 Å². The first-order valence-corrected chi connectivity index (χ1v) is 9.49. The zero-order valence-electron chi connectivity index (χ0n) is 15.8. The Kier molecular flexibility index (Phi) is 7.74. The van der Waals surface area contributed by atoms with Crippen molar-refractivity contribution in [3.8, 4) is 11.5 Å². The number of alkyl halides is 2. The van der Waals surface area contributed by atoms with E-state index in [2.05, 4.69) is 10.1 Å². The van der Waals surface area contributed by atoms with E-state index >= 15 is 0 Å². The van der Waals surface area contributed by atoms with E-state index in [0.717, 1.165) is 0 Å². The monoisotopic (exact) mass is 412 g/mol. The first-order chi connectivity index (χ1) is 13.3. The van der Waals surface area contributed by atoms with Crippen molar-refractivity contribution in [3.63, 3.8) is 0 Å². The van der Waals surface area contributed by atoms with Crippen LogP contribution >= 0.6 is 11.3 Å². The fourth-order valence-corrected chi connectivity index (χ4v) is 3.16. The predicted molar refractivity (Wildman–Crippen MR) is 102 cm³/mol. The van der Waals surface area contributed by atoms with Crippen molar-refractivity contribution in [2.24, 2.45) is 0 Å². The van der Waals surface area contributed by atoms with Crippen LogP contribution in [0.5, 0.6) is 11.5 Å². The van der Waals surface area contributed by atoms with E-state index in [1.54, 1.807) is 50.5 Å². The van der Waals surface area contributed by atoms with Gasteiger partial charge in [-0.1, -0.05) is 12.1 Å². The van der Waals surface area contributed by atoms with Crippen molar-refractivity contribution in [1.29, 1.82) is 0 Å². The minimum atomic E-state index is -2.96. The number of rotatable bonds is 9. The Morgan fingerprint density at radius 1 is 1.25 bits per heavy atom. The van der Waals surface area contributed by atoms with Crippen molar-refractivity contribution >= 4 is 23.2 Å². The van der Waals surface area contributed by atoms with Crippen molar-refractivity contribution in [2.45, 2.75) is 33.0 Å². The number of benzene rings is 1. The van der Waals surface area contributed by atoms with E-state index in [0.29, 0.717) is 10.4 Å². The number of nitrogens with zero attached hydrogens (tertiary/aromatic N) is 1. The number of halogens is 2. The molecule has 0 saturated heterocycles. The summed E-state index contributed by atoms with van der Waals surface area (Å²) in [6, 6.07) is 7.24. The van der Waals surface area contributed by atoms with Gasteiger partial charge >= 0.3 is 6.61 Å². The smallest absolute Gasteiger partial charge is 0.387 e. The number of hydrogen-bond acceptors (Lipinski definition) is 5. The molecule has 0 unspecified atom stereocenters. The van der Waals surface area contributed by atoms with E-state index in [-0.39, 0.29) is 36.5 Å². The van der Waals surface area contributed by atoms with Gasteiger partial charge in [0.25, 0.3) is 5.91 Å². The molecule has 1 atom stereocenters. The first-order valence-electron chi connectivity index (χ1n) is 8.61. The van der Waals surface area contributed by atoms with Crippen LogP contribution in [0.2, 0.25) is 0 Å². The van der Waals surface area contributed by atoms with Gasteiger partial charge in [0.1, 0.15) is 6.04 Å². The highest BCUT2D eigenvalue weighted by molar-refractivity contribution is 7.12. The standard InChI is InChI=1S/C19H22F2N2O4S/c1-4-26-15-10-13(7-8-14(15)27-19(20)21)11-23(3)18(25)12(2)22-17(24)16-6-5-9-28-16/h5-10,12,19H,4,11H2,1-3H3,(H,22,24)/t12-/m1/s1. The molecule has 9 heteroatoms. The molecule has 0 radical (unpaired) electrons. The van der Waals surface area contributed by atoms with Crippen molar-refractivity contribution < 1.29 is 27.8 Å². The molecular weight excluding hydrogens is 390 g/mol. The van der Waals surface area contributed by atoms with Crippen molar-refractivity contribution in [3.05, 3.63) is 46.2 Å². The molecule has 0 aliphatic carbocycles. The van der Waals surface area contributed by atoms with E-state index in [4.69, 9.17) is 4.74 Å². The van der Waals surface area contributed by atoms with Crippen LogP contribution in [0.15, 0.2) is 35.7 Å². The summed E-state index contributed by atoms with van der Waals surface area (Å²) in [4.78, 5) is 26.6. The summed E-state index contributed by atoms with van der Waals surface area (Å²) in [6.45, 7) is 0.876. The topological polar surface area (TPSA) is 67.9 Å². The summed E-state index contributed by atoms with van der Waals surface area (Å²) in [7, 11) is 1.60. The highest BCUT2D eigenvalue weighted by Crippen LogP contribution is 2.30. The first kappa shape index (κ1) is 21.6. The quantitative estimate of drug-likeness (QED) is 0.684. The lowest BCUT2D eigenvalue weighted by atomic mass is 10.1. The molecule has 0 aliphatic rings. The van der Waals surface area contributed by atoms with E-state index in [9.17, 15) is 18.4 Å². The molecule has 1 N–H and O–H groups in total. The van der Waals surface area contributed by atoms with Gasteiger partial charge < -0.3 is 19.7 Å². The van der Waals surface area contributed by atoms with Crippen molar-refractivity contribution in [2.75, 3.05) is 13.7 Å². The van der Waals surface area contributed by atoms with Gasteiger partial charge in [0.05, 0.1) is 11.5 Å². The van der Waals surface area contributed by atoms with Crippen LogP contribution in [0.3, 0.4) is 0 Å². The molecule has 28 heavy (non-hydrogen) atoms. The van der Waals surface area contributed by atoms with Gasteiger partial charge in [0.2, 0.25) is 5.91 Å². The lowest BCUT2D eigenvalue weighted by Gasteiger charge is -2.22. The lowest BCUT2D eigenvalue weighted by Crippen LogP contribution is -2.45. The third-order valence-corrected chi connectivity index (χ3v) is 4.65. The van der Waals surface area contributed by atoms with Gasteiger partial charge in [0, 0.05) is 13.6 Å². The molecule has 0 saturated carbocycles. The molecule has 0 spiro atoms. The molecule has 1 heterocycles. The Morgan fingerprint density at radius 3 is 2.61 bits per heavy atom. The maximum atomic E-state index is 12.5. The molecule has 1 aromatic heterocycles. The number of carbonyl (C=O) groups excluding carboxylic acids is 2. The Hall–Kier alpha value is -2.68.